The summed E-state index contributed by atoms with van der Waals surface area (Å²) in [6.45, 7) is 7.93. The molecule has 2 unspecified atom stereocenters. The molecule has 1 aliphatic heterocycles. The molecule has 1 heterocycles. The standard InChI is InChI=1S/C17H26N2O2/c1-4-18-15(17(20)21-5-2)12-19-13(3)10-11-14-8-6-7-9-16(14)19/h6-9,13,15,18H,4-5,10-12H2,1-3H3. The number of aryl methyl sites for hydroxylation is 1. The van der Waals surface area contributed by atoms with Crippen LogP contribution in [0.15, 0.2) is 24.3 Å². The van der Waals surface area contributed by atoms with Gasteiger partial charge in [0.15, 0.2) is 0 Å². The van der Waals surface area contributed by atoms with E-state index in [2.05, 4.69) is 41.4 Å². The van der Waals surface area contributed by atoms with Crippen LogP contribution in [-0.2, 0) is 16.0 Å². The number of hydrogen-bond donors (Lipinski definition) is 1. The lowest BCUT2D eigenvalue weighted by molar-refractivity contribution is -0.145. The summed E-state index contributed by atoms with van der Waals surface area (Å²) in [4.78, 5) is 14.5. The van der Waals surface area contributed by atoms with E-state index in [1.54, 1.807) is 0 Å². The van der Waals surface area contributed by atoms with E-state index in [4.69, 9.17) is 4.74 Å². The fraction of sp³-hybridized carbons (Fsp3) is 0.588. The summed E-state index contributed by atoms with van der Waals surface area (Å²) in [5, 5.41) is 3.25. The zero-order valence-corrected chi connectivity index (χ0v) is 13.3. The molecule has 1 aromatic rings. The first-order chi connectivity index (χ1) is 10.2. The van der Waals surface area contributed by atoms with Crippen molar-refractivity contribution in [2.24, 2.45) is 0 Å². The molecule has 0 aliphatic carbocycles. The minimum absolute atomic E-state index is 0.158. The highest BCUT2D eigenvalue weighted by molar-refractivity contribution is 5.77. The molecule has 0 aromatic heterocycles. The first-order valence-corrected chi connectivity index (χ1v) is 7.91. The van der Waals surface area contributed by atoms with Crippen molar-refractivity contribution in [1.82, 2.24) is 5.32 Å². The average molecular weight is 290 g/mol. The molecule has 0 fully saturated rings. The molecular weight excluding hydrogens is 264 g/mol. The van der Waals surface area contributed by atoms with Gasteiger partial charge in [-0.1, -0.05) is 25.1 Å². The van der Waals surface area contributed by atoms with Gasteiger partial charge in [0.1, 0.15) is 6.04 Å². The van der Waals surface area contributed by atoms with E-state index in [1.807, 2.05) is 13.8 Å². The first kappa shape index (κ1) is 15.8. The number of esters is 1. The molecule has 4 nitrogen and oxygen atoms in total. The maximum atomic E-state index is 12.1. The van der Waals surface area contributed by atoms with Crippen molar-refractivity contribution in [2.75, 3.05) is 24.6 Å². The number of nitrogens with one attached hydrogen (secondary N) is 1. The average Bonchev–Trinajstić information content (AvgIpc) is 2.49. The largest absolute Gasteiger partial charge is 0.465 e. The molecule has 1 aliphatic rings. The van der Waals surface area contributed by atoms with Crippen molar-refractivity contribution in [1.29, 1.82) is 0 Å². The summed E-state index contributed by atoms with van der Waals surface area (Å²) in [5.41, 5.74) is 2.62. The van der Waals surface area contributed by atoms with Crippen LogP contribution in [0.5, 0.6) is 0 Å². The SMILES string of the molecule is CCNC(CN1c2ccccc2CCC1C)C(=O)OCC. The number of carbonyl (C=O) groups excluding carboxylic acids is 1. The van der Waals surface area contributed by atoms with Crippen molar-refractivity contribution < 1.29 is 9.53 Å². The van der Waals surface area contributed by atoms with Gasteiger partial charge in [0.05, 0.1) is 6.61 Å². The highest BCUT2D eigenvalue weighted by Gasteiger charge is 2.28. The third kappa shape index (κ3) is 3.76. The zero-order valence-electron chi connectivity index (χ0n) is 13.3. The molecule has 4 heteroatoms. The van der Waals surface area contributed by atoms with E-state index in [9.17, 15) is 4.79 Å². The third-order valence-corrected chi connectivity index (χ3v) is 4.07. The third-order valence-electron chi connectivity index (χ3n) is 4.07. The highest BCUT2D eigenvalue weighted by atomic mass is 16.5. The van der Waals surface area contributed by atoms with Crippen LogP contribution in [0.2, 0.25) is 0 Å². The number of anilines is 1. The smallest absolute Gasteiger partial charge is 0.324 e. The van der Waals surface area contributed by atoms with E-state index >= 15 is 0 Å². The van der Waals surface area contributed by atoms with Gasteiger partial charge >= 0.3 is 5.97 Å². The predicted octanol–water partition coefficient (Wildman–Crippen LogP) is 2.37. The minimum atomic E-state index is -0.274. The Morgan fingerprint density at radius 1 is 1.43 bits per heavy atom. The van der Waals surface area contributed by atoms with Crippen LogP contribution in [0.1, 0.15) is 32.8 Å². The van der Waals surface area contributed by atoms with Crippen molar-refractivity contribution in [3.63, 3.8) is 0 Å². The maximum absolute atomic E-state index is 12.1. The van der Waals surface area contributed by atoms with E-state index in [-0.39, 0.29) is 12.0 Å². The van der Waals surface area contributed by atoms with Gasteiger partial charge in [-0.05, 0) is 44.9 Å². The highest BCUT2D eigenvalue weighted by Crippen LogP contribution is 2.30. The maximum Gasteiger partial charge on any atom is 0.324 e. The zero-order chi connectivity index (χ0) is 15.2. The Morgan fingerprint density at radius 2 is 2.19 bits per heavy atom. The fourth-order valence-corrected chi connectivity index (χ4v) is 2.95. The van der Waals surface area contributed by atoms with Gasteiger partial charge in [-0.3, -0.25) is 4.79 Å². The van der Waals surface area contributed by atoms with Gasteiger partial charge in [0, 0.05) is 18.3 Å². The Hall–Kier alpha value is -1.55. The van der Waals surface area contributed by atoms with Crippen LogP contribution in [0.3, 0.4) is 0 Å². The predicted molar refractivity (Wildman–Crippen MR) is 85.7 cm³/mol. The Labute approximate surface area is 127 Å². The van der Waals surface area contributed by atoms with Crippen LogP contribution < -0.4 is 10.2 Å². The Kier molecular flexibility index (Phi) is 5.62. The lowest BCUT2D eigenvalue weighted by Crippen LogP contribution is -2.50. The second kappa shape index (κ2) is 7.46. The number of para-hydroxylation sites is 1. The fourth-order valence-electron chi connectivity index (χ4n) is 2.95. The number of fused-ring (bicyclic) bond motifs is 1. The molecular formula is C17H26N2O2. The van der Waals surface area contributed by atoms with Crippen LogP contribution in [0.25, 0.3) is 0 Å². The van der Waals surface area contributed by atoms with Crippen molar-refractivity contribution in [3.8, 4) is 0 Å². The summed E-state index contributed by atoms with van der Waals surface area (Å²) in [7, 11) is 0. The lowest BCUT2D eigenvalue weighted by Gasteiger charge is -2.38. The van der Waals surface area contributed by atoms with Gasteiger partial charge in [-0.15, -0.1) is 0 Å². The van der Waals surface area contributed by atoms with Crippen LogP contribution in [0, 0.1) is 0 Å². The number of benzene rings is 1. The molecule has 0 bridgehead atoms. The summed E-state index contributed by atoms with van der Waals surface area (Å²) in [6.07, 6.45) is 2.23. The van der Waals surface area contributed by atoms with E-state index < -0.39 is 0 Å². The van der Waals surface area contributed by atoms with E-state index in [0.29, 0.717) is 19.2 Å². The number of likely N-dealkylation sites (N-methyl/N-ethyl adjacent to an activating group) is 1. The second-order valence-electron chi connectivity index (χ2n) is 5.53. The number of ether oxygens (including phenoxy) is 1. The Balaban J connectivity index is 2.17. The molecule has 2 atom stereocenters. The van der Waals surface area contributed by atoms with Gasteiger partial charge in [0.25, 0.3) is 0 Å². The van der Waals surface area contributed by atoms with Gasteiger partial charge in [0.2, 0.25) is 0 Å². The monoisotopic (exact) mass is 290 g/mol. The Morgan fingerprint density at radius 3 is 2.90 bits per heavy atom. The quantitative estimate of drug-likeness (QED) is 0.817. The van der Waals surface area contributed by atoms with Crippen LogP contribution >= 0.6 is 0 Å². The Bertz CT molecular complexity index is 476. The normalized spacial score (nSPS) is 19.0. The van der Waals surface area contributed by atoms with Crippen LogP contribution in [0.4, 0.5) is 5.69 Å². The molecule has 0 radical (unpaired) electrons. The molecule has 2 rings (SSSR count). The first-order valence-electron chi connectivity index (χ1n) is 7.91. The van der Waals surface area contributed by atoms with Crippen molar-refractivity contribution in [2.45, 2.75) is 45.7 Å². The van der Waals surface area contributed by atoms with Crippen LogP contribution in [-0.4, -0.2) is 37.7 Å². The summed E-state index contributed by atoms with van der Waals surface area (Å²) in [6, 6.07) is 8.65. The molecule has 0 saturated heterocycles. The van der Waals surface area contributed by atoms with Crippen molar-refractivity contribution in [3.05, 3.63) is 29.8 Å². The summed E-state index contributed by atoms with van der Waals surface area (Å²) in [5.74, 6) is -0.158. The van der Waals surface area contributed by atoms with E-state index in [0.717, 1.165) is 19.4 Å². The van der Waals surface area contributed by atoms with Gasteiger partial charge in [-0.25, -0.2) is 0 Å². The van der Waals surface area contributed by atoms with E-state index in [1.165, 1.54) is 11.3 Å². The molecule has 116 valence electrons. The summed E-state index contributed by atoms with van der Waals surface area (Å²) >= 11 is 0. The van der Waals surface area contributed by atoms with Gasteiger partial charge < -0.3 is 15.0 Å². The van der Waals surface area contributed by atoms with Gasteiger partial charge in [-0.2, -0.15) is 0 Å². The van der Waals surface area contributed by atoms with Crippen molar-refractivity contribution >= 4 is 11.7 Å². The molecule has 1 N–H and O–H groups in total. The molecule has 0 spiro atoms. The molecule has 0 amide bonds. The topological polar surface area (TPSA) is 41.6 Å². The lowest BCUT2D eigenvalue weighted by atomic mass is 9.96. The number of hydrogen-bond acceptors (Lipinski definition) is 4. The molecule has 21 heavy (non-hydrogen) atoms. The second-order valence-corrected chi connectivity index (χ2v) is 5.53. The molecule has 0 saturated carbocycles. The number of carbonyl (C=O) groups is 1. The summed E-state index contributed by atoms with van der Waals surface area (Å²) < 4.78 is 5.19. The number of rotatable bonds is 6. The minimum Gasteiger partial charge on any atom is -0.465 e. The number of nitrogens with zero attached hydrogens (tertiary/aromatic N) is 1. The molecule has 1 aromatic carbocycles.